The summed E-state index contributed by atoms with van der Waals surface area (Å²) in [6.45, 7) is 7.14. The van der Waals surface area contributed by atoms with E-state index in [1.165, 1.54) is 29.2 Å². The van der Waals surface area contributed by atoms with E-state index in [4.69, 9.17) is 16.3 Å². The molecule has 0 radical (unpaired) electrons. The summed E-state index contributed by atoms with van der Waals surface area (Å²) in [5.74, 6) is -0.629. The maximum atomic E-state index is 14.7. The molecular weight excluding hydrogens is 702 g/mol. The van der Waals surface area contributed by atoms with Crippen LogP contribution in [0.25, 0.3) is 0 Å². The van der Waals surface area contributed by atoms with Crippen LogP contribution in [0.4, 0.5) is 5.69 Å². The van der Waals surface area contributed by atoms with Crippen molar-refractivity contribution in [1.29, 1.82) is 0 Å². The molecular formula is C36H39BrClN3O5S. The van der Waals surface area contributed by atoms with Crippen LogP contribution in [0.3, 0.4) is 0 Å². The third kappa shape index (κ3) is 9.82. The van der Waals surface area contributed by atoms with Gasteiger partial charge in [0.25, 0.3) is 10.0 Å². The van der Waals surface area contributed by atoms with Crippen LogP contribution in [0, 0.1) is 0 Å². The van der Waals surface area contributed by atoms with Crippen LogP contribution >= 0.6 is 27.5 Å². The molecule has 11 heteroatoms. The number of amides is 2. The second-order valence-corrected chi connectivity index (χ2v) is 15.2. The Balaban J connectivity index is 1.85. The Morgan fingerprint density at radius 1 is 0.894 bits per heavy atom. The molecule has 4 rings (SSSR count). The monoisotopic (exact) mass is 739 g/mol. The lowest BCUT2D eigenvalue weighted by Gasteiger charge is -2.35. The fraction of sp³-hybridized carbons (Fsp3) is 0.278. The van der Waals surface area contributed by atoms with Gasteiger partial charge in [0.2, 0.25) is 11.8 Å². The normalized spacial score (nSPS) is 12.2. The zero-order valence-electron chi connectivity index (χ0n) is 26.8. The van der Waals surface area contributed by atoms with E-state index in [1.54, 1.807) is 31.2 Å². The van der Waals surface area contributed by atoms with Crippen LogP contribution in [0.2, 0.25) is 5.02 Å². The summed E-state index contributed by atoms with van der Waals surface area (Å²) in [5, 5.41) is 3.41. The van der Waals surface area contributed by atoms with Crippen LogP contribution in [0.5, 0.6) is 5.75 Å². The first-order valence-electron chi connectivity index (χ1n) is 15.2. The lowest BCUT2D eigenvalue weighted by atomic mass is 10.0. The Labute approximate surface area is 290 Å². The van der Waals surface area contributed by atoms with Crippen LogP contribution < -0.4 is 14.4 Å². The molecule has 0 spiro atoms. The van der Waals surface area contributed by atoms with Crippen LogP contribution in [-0.2, 0) is 32.6 Å². The molecule has 8 nitrogen and oxygen atoms in total. The van der Waals surface area contributed by atoms with E-state index in [0.717, 1.165) is 19.9 Å². The van der Waals surface area contributed by atoms with Crippen molar-refractivity contribution >= 4 is 55.1 Å². The highest BCUT2D eigenvalue weighted by atomic mass is 79.9. The first-order valence-corrected chi connectivity index (χ1v) is 17.8. The van der Waals surface area contributed by atoms with Gasteiger partial charge >= 0.3 is 0 Å². The molecule has 0 fully saturated rings. The standard InChI is InChI=1S/C36H39BrClN3O5S/c1-5-46-33-17-10-9-16-31(33)41(47(44,45)30-20-18-29(38)19-21-30)25-34(42)40(24-27-14-11-15-28(37)22-27)32(35(43)39-36(2,3)4)23-26-12-7-6-8-13-26/h6-22,32H,5,23-25H2,1-4H3,(H,39,43). The molecule has 248 valence electrons. The van der Waals surface area contributed by atoms with Crippen LogP contribution in [0.1, 0.15) is 38.8 Å². The van der Waals surface area contributed by atoms with Crippen molar-refractivity contribution in [3.63, 3.8) is 0 Å². The van der Waals surface area contributed by atoms with Crippen molar-refractivity contribution in [3.8, 4) is 5.75 Å². The van der Waals surface area contributed by atoms with Crippen molar-refractivity contribution in [1.82, 2.24) is 10.2 Å². The Kier molecular flexibility index (Phi) is 12.1. The fourth-order valence-electron chi connectivity index (χ4n) is 5.03. The summed E-state index contributed by atoms with van der Waals surface area (Å²) >= 11 is 9.59. The largest absolute Gasteiger partial charge is 0.492 e. The minimum absolute atomic E-state index is 0.0501. The number of hydrogen-bond donors (Lipinski definition) is 1. The molecule has 0 aromatic heterocycles. The summed E-state index contributed by atoms with van der Waals surface area (Å²) in [6.07, 6.45) is 0.210. The van der Waals surface area contributed by atoms with E-state index in [0.29, 0.717) is 10.8 Å². The van der Waals surface area contributed by atoms with E-state index in [-0.39, 0.29) is 36.1 Å². The number of carbonyl (C=O) groups is 2. The predicted molar refractivity (Wildman–Crippen MR) is 190 cm³/mol. The van der Waals surface area contributed by atoms with E-state index in [1.807, 2.05) is 75.4 Å². The molecule has 0 aliphatic heterocycles. The van der Waals surface area contributed by atoms with Gasteiger partial charge in [0.05, 0.1) is 17.2 Å². The zero-order chi connectivity index (χ0) is 34.2. The number of nitrogens with one attached hydrogen (secondary N) is 1. The minimum Gasteiger partial charge on any atom is -0.492 e. The van der Waals surface area contributed by atoms with Crippen molar-refractivity contribution in [3.05, 3.63) is 124 Å². The molecule has 0 aliphatic rings. The quantitative estimate of drug-likeness (QED) is 0.156. The zero-order valence-corrected chi connectivity index (χ0v) is 30.0. The minimum atomic E-state index is -4.31. The summed E-state index contributed by atoms with van der Waals surface area (Å²) < 4.78 is 36.3. The molecule has 1 N–H and O–H groups in total. The van der Waals surface area contributed by atoms with E-state index in [2.05, 4.69) is 21.2 Å². The Hall–Kier alpha value is -3.86. The number of anilines is 1. The second kappa shape index (κ2) is 15.8. The highest BCUT2D eigenvalue weighted by Gasteiger charge is 2.36. The number of rotatable bonds is 13. The predicted octanol–water partition coefficient (Wildman–Crippen LogP) is 7.25. The summed E-state index contributed by atoms with van der Waals surface area (Å²) in [7, 11) is -4.31. The molecule has 1 atom stereocenters. The number of hydrogen-bond acceptors (Lipinski definition) is 5. The van der Waals surface area contributed by atoms with Gasteiger partial charge in [-0.3, -0.25) is 13.9 Å². The van der Waals surface area contributed by atoms with Gasteiger partial charge in [-0.05, 0) is 87.4 Å². The van der Waals surface area contributed by atoms with Crippen LogP contribution in [-0.4, -0.2) is 49.9 Å². The highest BCUT2D eigenvalue weighted by Crippen LogP contribution is 2.33. The number of carbonyl (C=O) groups excluding carboxylic acids is 2. The summed E-state index contributed by atoms with van der Waals surface area (Å²) in [5.41, 5.74) is 1.22. The van der Waals surface area contributed by atoms with Gasteiger partial charge in [-0.2, -0.15) is 0 Å². The maximum absolute atomic E-state index is 14.7. The Bertz CT molecular complexity index is 1780. The number of ether oxygens (including phenoxy) is 1. The topological polar surface area (TPSA) is 96.0 Å². The first kappa shape index (κ1) is 36.0. The lowest BCUT2D eigenvalue weighted by Crippen LogP contribution is -2.56. The molecule has 0 saturated carbocycles. The van der Waals surface area contributed by atoms with Gasteiger partial charge in [-0.25, -0.2) is 8.42 Å². The SMILES string of the molecule is CCOc1ccccc1N(CC(=O)N(Cc1cccc(Br)c1)C(Cc1ccccc1)C(=O)NC(C)(C)C)S(=O)(=O)c1ccc(Cl)cc1. The Morgan fingerprint density at radius 2 is 1.53 bits per heavy atom. The number of halogens is 2. The number of benzene rings is 4. The number of sulfonamides is 1. The first-order chi connectivity index (χ1) is 22.3. The highest BCUT2D eigenvalue weighted by molar-refractivity contribution is 9.10. The molecule has 0 saturated heterocycles. The Morgan fingerprint density at radius 3 is 2.17 bits per heavy atom. The average molecular weight is 741 g/mol. The van der Waals surface area contributed by atoms with Gasteiger partial charge in [-0.15, -0.1) is 0 Å². The molecule has 4 aromatic rings. The molecule has 2 amide bonds. The van der Waals surface area contributed by atoms with Gasteiger partial charge in [0.1, 0.15) is 18.3 Å². The molecule has 0 bridgehead atoms. The summed E-state index contributed by atoms with van der Waals surface area (Å²) in [4.78, 5) is 30.1. The van der Waals surface area contributed by atoms with Gasteiger partial charge in [0.15, 0.2) is 0 Å². The summed E-state index contributed by atoms with van der Waals surface area (Å²) in [6, 6.07) is 28.3. The third-order valence-corrected chi connectivity index (χ3v) is 9.64. The van der Waals surface area contributed by atoms with Crippen molar-refractivity contribution in [2.45, 2.75) is 57.1 Å². The molecule has 47 heavy (non-hydrogen) atoms. The average Bonchev–Trinajstić information content (AvgIpc) is 3.02. The maximum Gasteiger partial charge on any atom is 0.264 e. The van der Waals surface area contributed by atoms with Crippen LogP contribution in [0.15, 0.2) is 112 Å². The number of para-hydroxylation sites is 2. The van der Waals surface area contributed by atoms with E-state index < -0.39 is 34.1 Å². The van der Waals surface area contributed by atoms with Crippen molar-refractivity contribution < 1.29 is 22.7 Å². The molecule has 1 unspecified atom stereocenters. The van der Waals surface area contributed by atoms with E-state index in [9.17, 15) is 18.0 Å². The van der Waals surface area contributed by atoms with Gasteiger partial charge in [-0.1, -0.05) is 82.1 Å². The number of nitrogens with zero attached hydrogens (tertiary/aromatic N) is 2. The third-order valence-electron chi connectivity index (χ3n) is 7.13. The van der Waals surface area contributed by atoms with Crippen molar-refractivity contribution in [2.24, 2.45) is 0 Å². The molecule has 0 aliphatic carbocycles. The van der Waals surface area contributed by atoms with E-state index >= 15 is 0 Å². The molecule has 0 heterocycles. The molecule has 4 aromatic carbocycles. The smallest absolute Gasteiger partial charge is 0.264 e. The second-order valence-electron chi connectivity index (χ2n) is 12.0. The fourth-order valence-corrected chi connectivity index (χ4v) is 7.02. The lowest BCUT2D eigenvalue weighted by molar-refractivity contribution is -0.140. The van der Waals surface area contributed by atoms with Gasteiger partial charge < -0.3 is 15.0 Å². The van der Waals surface area contributed by atoms with Crippen molar-refractivity contribution in [2.75, 3.05) is 17.5 Å². The van der Waals surface area contributed by atoms with Gasteiger partial charge in [0, 0.05) is 28.0 Å².